The molecule has 0 aliphatic heterocycles. The lowest BCUT2D eigenvalue weighted by Crippen LogP contribution is -2.29. The number of rotatable bonds is 7. The number of hydrogen-bond acceptors (Lipinski definition) is 7. The number of nitrogens with zero attached hydrogens (tertiary/aromatic N) is 4. The third-order valence-electron chi connectivity index (χ3n) is 4.54. The second-order valence-corrected chi connectivity index (χ2v) is 9.11. The van der Waals surface area contributed by atoms with Crippen LogP contribution in [0.4, 0.5) is 35.1 Å². The molecule has 1 N–H and O–H groups in total. The molecular formula is C19H13F8N5O4S. The van der Waals surface area contributed by atoms with Gasteiger partial charge >= 0.3 is 18.3 Å². The van der Waals surface area contributed by atoms with Gasteiger partial charge in [-0.1, -0.05) is 0 Å². The Morgan fingerprint density at radius 3 is 2.27 bits per heavy atom. The number of benzene rings is 1. The molecular weight excluding hydrogens is 546 g/mol. The Hall–Kier alpha value is -3.83. The van der Waals surface area contributed by atoms with Gasteiger partial charge in [0.2, 0.25) is 0 Å². The van der Waals surface area contributed by atoms with Gasteiger partial charge in [-0.25, -0.2) is 23.1 Å². The molecule has 1 amide bonds. The number of halogens is 8. The first-order valence-electron chi connectivity index (χ1n) is 9.66. The van der Waals surface area contributed by atoms with E-state index in [2.05, 4.69) is 25.1 Å². The summed E-state index contributed by atoms with van der Waals surface area (Å²) in [6, 6.07) is 1.39. The van der Waals surface area contributed by atoms with Crippen molar-refractivity contribution in [1.82, 2.24) is 25.1 Å². The Labute approximate surface area is 202 Å². The predicted molar refractivity (Wildman–Crippen MR) is 106 cm³/mol. The summed E-state index contributed by atoms with van der Waals surface area (Å²) >= 11 is 0. The quantitative estimate of drug-likeness (QED) is 0.434. The Bertz CT molecular complexity index is 1390. The highest BCUT2D eigenvalue weighted by Gasteiger charge is 2.48. The van der Waals surface area contributed by atoms with Crippen LogP contribution in [0.15, 0.2) is 47.8 Å². The lowest BCUT2D eigenvalue weighted by atomic mass is 10.1. The second-order valence-electron chi connectivity index (χ2n) is 7.17. The van der Waals surface area contributed by atoms with Crippen molar-refractivity contribution in [3.63, 3.8) is 0 Å². The summed E-state index contributed by atoms with van der Waals surface area (Å²) in [6.45, 7) is -1.79. The maximum atomic E-state index is 13.2. The Morgan fingerprint density at radius 2 is 1.73 bits per heavy atom. The van der Waals surface area contributed by atoms with Gasteiger partial charge in [0.25, 0.3) is 15.7 Å². The lowest BCUT2D eigenvalue weighted by Gasteiger charge is -2.15. The SMILES string of the molecule is CC(NC(=O)c1cc(C(F)(F)F)cc(S(=O)(=O)C(F)(F)F)c1)c1ncn(-c2ccc(OC(F)F)cn2)n1. The van der Waals surface area contributed by atoms with Crippen LogP contribution in [0.5, 0.6) is 5.75 Å². The molecule has 3 rings (SSSR count). The van der Waals surface area contributed by atoms with E-state index >= 15 is 0 Å². The van der Waals surface area contributed by atoms with Crippen molar-refractivity contribution in [2.75, 3.05) is 0 Å². The normalized spacial score (nSPS) is 13.5. The largest absolute Gasteiger partial charge is 0.501 e. The number of amides is 1. The zero-order valence-corrected chi connectivity index (χ0v) is 18.9. The minimum atomic E-state index is -6.20. The fourth-order valence-electron chi connectivity index (χ4n) is 2.79. The minimum absolute atomic E-state index is 0.0822. The van der Waals surface area contributed by atoms with Gasteiger partial charge in [-0.3, -0.25) is 4.79 Å². The molecule has 0 spiro atoms. The highest BCUT2D eigenvalue weighted by molar-refractivity contribution is 7.92. The summed E-state index contributed by atoms with van der Waals surface area (Å²) in [6.07, 6.45) is -3.19. The zero-order chi connectivity index (χ0) is 27.8. The van der Waals surface area contributed by atoms with Crippen LogP contribution in [0.2, 0.25) is 0 Å². The first-order chi connectivity index (χ1) is 17.0. The molecule has 0 aliphatic rings. The summed E-state index contributed by atoms with van der Waals surface area (Å²) in [4.78, 5) is 18.5. The molecule has 37 heavy (non-hydrogen) atoms. The summed E-state index contributed by atoms with van der Waals surface area (Å²) < 4.78 is 131. The van der Waals surface area contributed by atoms with E-state index in [1.54, 1.807) is 0 Å². The first-order valence-corrected chi connectivity index (χ1v) is 11.1. The van der Waals surface area contributed by atoms with Crippen LogP contribution in [0, 0.1) is 0 Å². The van der Waals surface area contributed by atoms with Gasteiger partial charge < -0.3 is 10.1 Å². The van der Waals surface area contributed by atoms with E-state index in [1.807, 2.05) is 0 Å². The molecule has 200 valence electrons. The van der Waals surface area contributed by atoms with Gasteiger partial charge in [0, 0.05) is 5.56 Å². The number of ether oxygens (including phenoxy) is 1. The average molecular weight is 559 g/mol. The molecule has 1 atom stereocenters. The molecule has 0 bridgehead atoms. The van der Waals surface area contributed by atoms with Crippen LogP contribution in [0.3, 0.4) is 0 Å². The number of sulfone groups is 1. The number of hydrogen-bond donors (Lipinski definition) is 1. The van der Waals surface area contributed by atoms with Gasteiger partial charge in [0.1, 0.15) is 12.1 Å². The van der Waals surface area contributed by atoms with Gasteiger partial charge in [-0.2, -0.15) is 35.1 Å². The van der Waals surface area contributed by atoms with E-state index < -0.39 is 56.1 Å². The Balaban J connectivity index is 1.85. The van der Waals surface area contributed by atoms with Crippen LogP contribution in [-0.2, 0) is 16.0 Å². The van der Waals surface area contributed by atoms with Crippen molar-refractivity contribution >= 4 is 15.7 Å². The molecule has 2 heterocycles. The summed E-state index contributed by atoms with van der Waals surface area (Å²) in [5, 5.41) is 6.14. The monoisotopic (exact) mass is 559 g/mol. The maximum absolute atomic E-state index is 13.2. The van der Waals surface area contributed by atoms with E-state index in [-0.39, 0.29) is 35.6 Å². The maximum Gasteiger partial charge on any atom is 0.501 e. The summed E-state index contributed by atoms with van der Waals surface area (Å²) in [5.74, 6) is -1.63. The molecule has 0 fully saturated rings. The van der Waals surface area contributed by atoms with Gasteiger partial charge in [0.15, 0.2) is 11.6 Å². The van der Waals surface area contributed by atoms with E-state index in [9.17, 15) is 48.3 Å². The number of carbonyl (C=O) groups is 1. The summed E-state index contributed by atoms with van der Waals surface area (Å²) in [5.41, 5.74) is -8.71. The van der Waals surface area contributed by atoms with Gasteiger partial charge in [-0.15, -0.1) is 5.10 Å². The molecule has 0 radical (unpaired) electrons. The number of aromatic nitrogens is 4. The summed E-state index contributed by atoms with van der Waals surface area (Å²) in [7, 11) is -6.20. The van der Waals surface area contributed by atoms with E-state index in [4.69, 9.17) is 0 Å². The number of carbonyl (C=O) groups excluding carboxylic acids is 1. The second kappa shape index (κ2) is 9.91. The number of nitrogens with one attached hydrogen (secondary N) is 1. The van der Waals surface area contributed by atoms with E-state index in [0.29, 0.717) is 0 Å². The fourth-order valence-corrected chi connectivity index (χ4v) is 3.62. The standard InChI is InChI=1S/C19H13F8N5O4S/c1-9(15-29-8-32(31-15)14-3-2-12(7-28-14)36-17(20)21)30-16(33)10-4-11(18(22,23)24)6-13(5-10)37(34,35)19(25,26)27/h2-9,17H,1H3,(H,30,33). The van der Waals surface area contributed by atoms with Crippen molar-refractivity contribution in [3.8, 4) is 11.6 Å². The van der Waals surface area contributed by atoms with Crippen molar-refractivity contribution < 1.29 is 53.1 Å². The zero-order valence-electron chi connectivity index (χ0n) is 18.0. The third kappa shape index (κ3) is 6.30. The molecule has 0 saturated carbocycles. The number of pyridine rings is 1. The minimum Gasteiger partial charge on any atom is -0.433 e. The topological polar surface area (TPSA) is 116 Å². The number of alkyl halides is 8. The van der Waals surface area contributed by atoms with Gasteiger partial charge in [0.05, 0.1) is 22.7 Å². The average Bonchev–Trinajstić information content (AvgIpc) is 3.28. The third-order valence-corrected chi connectivity index (χ3v) is 6.00. The van der Waals surface area contributed by atoms with Gasteiger partial charge in [-0.05, 0) is 37.3 Å². The van der Waals surface area contributed by atoms with Crippen LogP contribution >= 0.6 is 0 Å². The van der Waals surface area contributed by atoms with Crippen LogP contribution < -0.4 is 10.1 Å². The van der Waals surface area contributed by atoms with E-state index in [1.165, 1.54) is 13.0 Å². The fraction of sp³-hybridized carbons (Fsp3) is 0.263. The van der Waals surface area contributed by atoms with Crippen LogP contribution in [-0.4, -0.2) is 46.2 Å². The van der Waals surface area contributed by atoms with Crippen molar-refractivity contribution in [2.45, 2.75) is 36.2 Å². The highest BCUT2D eigenvalue weighted by atomic mass is 32.2. The molecule has 0 aliphatic carbocycles. The Kier molecular flexibility index (Phi) is 7.43. The highest BCUT2D eigenvalue weighted by Crippen LogP contribution is 2.36. The van der Waals surface area contributed by atoms with Crippen LogP contribution in [0.1, 0.15) is 34.7 Å². The molecule has 1 unspecified atom stereocenters. The molecule has 9 nitrogen and oxygen atoms in total. The lowest BCUT2D eigenvalue weighted by molar-refractivity contribution is -0.137. The van der Waals surface area contributed by atoms with E-state index in [0.717, 1.165) is 23.3 Å². The van der Waals surface area contributed by atoms with Crippen molar-refractivity contribution in [3.05, 3.63) is 59.8 Å². The first kappa shape index (κ1) is 27.8. The molecule has 18 heteroatoms. The Morgan fingerprint density at radius 1 is 1.05 bits per heavy atom. The molecule has 3 aromatic rings. The molecule has 0 saturated heterocycles. The molecule has 2 aromatic heterocycles. The smallest absolute Gasteiger partial charge is 0.433 e. The van der Waals surface area contributed by atoms with Crippen LogP contribution in [0.25, 0.3) is 5.82 Å². The van der Waals surface area contributed by atoms with Crippen molar-refractivity contribution in [1.29, 1.82) is 0 Å². The van der Waals surface area contributed by atoms with Crippen molar-refractivity contribution in [2.24, 2.45) is 0 Å². The predicted octanol–water partition coefficient (Wildman–Crippen LogP) is 4.07. The molecule has 1 aromatic carbocycles.